The van der Waals surface area contributed by atoms with E-state index in [1.807, 2.05) is 0 Å². The van der Waals surface area contributed by atoms with Crippen molar-refractivity contribution in [2.75, 3.05) is 30.0 Å². The predicted molar refractivity (Wildman–Crippen MR) is 77.6 cm³/mol. The third-order valence-corrected chi connectivity index (χ3v) is 4.17. The molecule has 0 aromatic heterocycles. The zero-order valence-electron chi connectivity index (χ0n) is 11.5. The number of hydrogen-bond donors (Lipinski definition) is 2. The summed E-state index contributed by atoms with van der Waals surface area (Å²) in [5.74, 6) is -1.18. The summed E-state index contributed by atoms with van der Waals surface area (Å²) in [6, 6.07) is 4.25. The van der Waals surface area contributed by atoms with Gasteiger partial charge in [-0.2, -0.15) is 0 Å². The van der Waals surface area contributed by atoms with Crippen molar-refractivity contribution in [3.63, 3.8) is 0 Å². The minimum Gasteiger partial charge on any atom is -0.478 e. The molecule has 2 rings (SSSR count). The maximum absolute atomic E-state index is 12.0. The Morgan fingerprint density at radius 2 is 2.10 bits per heavy atom. The molecule has 7 nitrogen and oxygen atoms in total. The Morgan fingerprint density at radius 1 is 1.38 bits per heavy atom. The maximum Gasteiger partial charge on any atom is 0.335 e. The molecule has 2 amide bonds. The predicted octanol–water partition coefficient (Wildman–Crippen LogP) is 0.502. The Labute approximate surface area is 122 Å². The molecule has 1 heterocycles. The number of anilines is 1. The highest BCUT2D eigenvalue weighted by molar-refractivity contribution is 7.90. The van der Waals surface area contributed by atoms with Gasteiger partial charge < -0.3 is 10.4 Å². The Hall–Kier alpha value is -2.09. The van der Waals surface area contributed by atoms with Gasteiger partial charge in [0.2, 0.25) is 0 Å². The second-order valence-corrected chi connectivity index (χ2v) is 7.17. The number of urea groups is 1. The number of benzene rings is 1. The quantitative estimate of drug-likeness (QED) is 0.842. The van der Waals surface area contributed by atoms with Gasteiger partial charge in [-0.25, -0.2) is 18.0 Å². The number of nitrogens with one attached hydrogen (secondary N) is 1. The van der Waals surface area contributed by atoms with Gasteiger partial charge in [-0.3, -0.25) is 4.90 Å². The number of carbonyl (C=O) groups is 2. The molecule has 1 aromatic carbocycles. The molecule has 2 N–H and O–H groups in total. The molecule has 8 heteroatoms. The van der Waals surface area contributed by atoms with E-state index in [2.05, 4.69) is 5.32 Å². The number of carbonyl (C=O) groups excluding carboxylic acids is 1. The van der Waals surface area contributed by atoms with Crippen LogP contribution in [0.1, 0.15) is 15.9 Å². The summed E-state index contributed by atoms with van der Waals surface area (Å²) < 4.78 is 22.0. The van der Waals surface area contributed by atoms with Crippen LogP contribution in [-0.2, 0) is 16.3 Å². The van der Waals surface area contributed by atoms with E-state index >= 15 is 0 Å². The largest absolute Gasteiger partial charge is 0.478 e. The molecule has 0 unspecified atom stereocenters. The Balaban J connectivity index is 2.09. The standard InChI is InChI=1S/C13H16N2O5S/c1-21(19,20)7-5-14-13(18)15-6-4-9-2-3-10(12(16)17)8-11(9)15/h2-3,8H,4-7H2,1H3,(H,14,18)(H,16,17). The van der Waals surface area contributed by atoms with Gasteiger partial charge in [-0.05, 0) is 24.1 Å². The summed E-state index contributed by atoms with van der Waals surface area (Å²) in [5, 5.41) is 11.5. The molecule has 0 saturated heterocycles. The van der Waals surface area contributed by atoms with Gasteiger partial charge in [0.05, 0.1) is 11.3 Å². The van der Waals surface area contributed by atoms with Crippen LogP contribution in [0.25, 0.3) is 0 Å². The molecule has 0 saturated carbocycles. The van der Waals surface area contributed by atoms with Gasteiger partial charge in [-0.1, -0.05) is 6.07 Å². The minimum absolute atomic E-state index is 0.0299. The van der Waals surface area contributed by atoms with Crippen LogP contribution in [0.15, 0.2) is 18.2 Å². The van der Waals surface area contributed by atoms with Gasteiger partial charge >= 0.3 is 12.0 Å². The summed E-state index contributed by atoms with van der Waals surface area (Å²) in [4.78, 5) is 24.5. The molecule has 21 heavy (non-hydrogen) atoms. The van der Waals surface area contributed by atoms with Gasteiger partial charge in [0.25, 0.3) is 0 Å². The van der Waals surface area contributed by atoms with E-state index in [1.165, 1.54) is 17.0 Å². The molecule has 1 aromatic rings. The summed E-state index contributed by atoms with van der Waals surface area (Å²) in [7, 11) is -3.13. The van der Waals surface area contributed by atoms with Crippen molar-refractivity contribution in [2.24, 2.45) is 0 Å². The average Bonchev–Trinajstić information content (AvgIpc) is 2.79. The number of amides is 2. The van der Waals surface area contributed by atoms with E-state index in [9.17, 15) is 18.0 Å². The van der Waals surface area contributed by atoms with Crippen LogP contribution in [0.3, 0.4) is 0 Å². The lowest BCUT2D eigenvalue weighted by molar-refractivity contribution is 0.0697. The maximum atomic E-state index is 12.0. The highest BCUT2D eigenvalue weighted by Crippen LogP contribution is 2.29. The molecule has 1 aliphatic rings. The first-order valence-electron chi connectivity index (χ1n) is 6.37. The van der Waals surface area contributed by atoms with Crippen LogP contribution in [0.2, 0.25) is 0 Å². The first kappa shape index (κ1) is 15.3. The van der Waals surface area contributed by atoms with E-state index in [1.54, 1.807) is 6.07 Å². The highest BCUT2D eigenvalue weighted by atomic mass is 32.2. The number of hydrogen-bond acceptors (Lipinski definition) is 4. The first-order chi connectivity index (χ1) is 9.78. The molecule has 0 radical (unpaired) electrons. The molecule has 1 aliphatic heterocycles. The van der Waals surface area contributed by atoms with Crippen molar-refractivity contribution in [1.29, 1.82) is 0 Å². The lowest BCUT2D eigenvalue weighted by atomic mass is 10.1. The second-order valence-electron chi connectivity index (χ2n) is 4.91. The van der Waals surface area contributed by atoms with E-state index in [0.717, 1.165) is 11.8 Å². The van der Waals surface area contributed by atoms with Crippen LogP contribution in [0.4, 0.5) is 10.5 Å². The number of sulfone groups is 1. The van der Waals surface area contributed by atoms with Crippen LogP contribution < -0.4 is 10.2 Å². The van der Waals surface area contributed by atoms with Crippen LogP contribution in [0.5, 0.6) is 0 Å². The van der Waals surface area contributed by atoms with E-state index in [-0.39, 0.29) is 17.9 Å². The monoisotopic (exact) mass is 312 g/mol. The van der Waals surface area contributed by atoms with Crippen molar-refractivity contribution >= 4 is 27.5 Å². The van der Waals surface area contributed by atoms with E-state index in [4.69, 9.17) is 5.11 Å². The summed E-state index contributed by atoms with van der Waals surface area (Å²) >= 11 is 0. The van der Waals surface area contributed by atoms with Crippen molar-refractivity contribution in [1.82, 2.24) is 5.32 Å². The SMILES string of the molecule is CS(=O)(=O)CCNC(=O)N1CCc2ccc(C(=O)O)cc21. The lowest BCUT2D eigenvalue weighted by Crippen LogP contribution is -2.40. The van der Waals surface area contributed by atoms with Gasteiger partial charge in [0, 0.05) is 25.0 Å². The molecule has 114 valence electrons. The molecule has 0 fully saturated rings. The minimum atomic E-state index is -3.13. The molecule has 0 atom stereocenters. The summed E-state index contributed by atoms with van der Waals surface area (Å²) in [6.07, 6.45) is 1.75. The number of nitrogens with zero attached hydrogens (tertiary/aromatic N) is 1. The third kappa shape index (κ3) is 3.72. The Kier molecular flexibility index (Phi) is 4.17. The molecule has 0 aliphatic carbocycles. The molecule has 0 spiro atoms. The summed E-state index contributed by atoms with van der Waals surface area (Å²) in [6.45, 7) is 0.477. The number of carboxylic acid groups (broad SMARTS) is 1. The van der Waals surface area contributed by atoms with Crippen LogP contribution >= 0.6 is 0 Å². The van der Waals surface area contributed by atoms with Gasteiger partial charge in [0.1, 0.15) is 9.84 Å². The number of fused-ring (bicyclic) bond motifs is 1. The van der Waals surface area contributed by atoms with Crippen molar-refractivity contribution in [3.05, 3.63) is 29.3 Å². The fourth-order valence-electron chi connectivity index (χ4n) is 2.16. The molecule has 0 bridgehead atoms. The van der Waals surface area contributed by atoms with E-state index < -0.39 is 21.8 Å². The second kappa shape index (κ2) is 5.72. The number of aromatic carboxylic acids is 1. The van der Waals surface area contributed by atoms with E-state index in [0.29, 0.717) is 18.7 Å². The zero-order chi connectivity index (χ0) is 15.6. The lowest BCUT2D eigenvalue weighted by Gasteiger charge is -2.18. The average molecular weight is 312 g/mol. The van der Waals surface area contributed by atoms with Crippen molar-refractivity contribution < 1.29 is 23.1 Å². The zero-order valence-corrected chi connectivity index (χ0v) is 12.3. The van der Waals surface area contributed by atoms with Crippen molar-refractivity contribution in [2.45, 2.75) is 6.42 Å². The topological polar surface area (TPSA) is 104 Å². The van der Waals surface area contributed by atoms with Crippen LogP contribution in [-0.4, -0.2) is 50.6 Å². The smallest absolute Gasteiger partial charge is 0.335 e. The van der Waals surface area contributed by atoms with Crippen LogP contribution in [0, 0.1) is 0 Å². The summed E-state index contributed by atoms with van der Waals surface area (Å²) in [5.41, 5.74) is 1.58. The normalized spacial score (nSPS) is 13.9. The highest BCUT2D eigenvalue weighted by Gasteiger charge is 2.25. The van der Waals surface area contributed by atoms with Gasteiger partial charge in [-0.15, -0.1) is 0 Å². The third-order valence-electron chi connectivity index (χ3n) is 3.22. The Bertz CT molecular complexity index is 684. The molecular formula is C13H16N2O5S. The molecular weight excluding hydrogens is 296 g/mol. The first-order valence-corrected chi connectivity index (χ1v) is 8.43. The Morgan fingerprint density at radius 3 is 2.71 bits per heavy atom. The number of carboxylic acids is 1. The van der Waals surface area contributed by atoms with Crippen molar-refractivity contribution in [3.8, 4) is 0 Å². The fraction of sp³-hybridized carbons (Fsp3) is 0.385. The van der Waals surface area contributed by atoms with Gasteiger partial charge in [0.15, 0.2) is 0 Å². The fourth-order valence-corrected chi connectivity index (χ4v) is 2.63. The number of rotatable bonds is 4.